The van der Waals surface area contributed by atoms with Crippen LogP contribution >= 0.6 is 11.6 Å². The number of hydrogen-bond donors (Lipinski definition) is 2. The number of nitrogens with zero attached hydrogens (tertiary/aromatic N) is 3. The molecule has 0 bridgehead atoms. The molecule has 1 atom stereocenters. The van der Waals surface area contributed by atoms with E-state index in [0.717, 1.165) is 12.8 Å². The summed E-state index contributed by atoms with van der Waals surface area (Å²) in [6.45, 7) is 0.839. The quantitative estimate of drug-likeness (QED) is 0.590. The van der Waals surface area contributed by atoms with E-state index in [1.165, 1.54) is 18.2 Å². The number of halogens is 2. The molecular formula is C22H19ClFN5O4. The number of amides is 3. The first-order valence-electron chi connectivity index (χ1n) is 10.4. The lowest BCUT2D eigenvalue weighted by molar-refractivity contribution is -0.118. The SMILES string of the molecule is O=C1COc2cc(NC(=O)N3CCC[C@H](c4nc(-c5cccc(F)c5)no4)C3)c(Cl)cc2N1. The highest BCUT2D eigenvalue weighted by molar-refractivity contribution is 6.34. The molecule has 0 spiro atoms. The van der Waals surface area contributed by atoms with Crippen molar-refractivity contribution in [3.8, 4) is 17.1 Å². The van der Waals surface area contributed by atoms with Gasteiger partial charge in [0.25, 0.3) is 5.91 Å². The summed E-state index contributed by atoms with van der Waals surface area (Å²) in [6.07, 6.45) is 1.53. The van der Waals surface area contributed by atoms with E-state index in [2.05, 4.69) is 20.8 Å². The summed E-state index contributed by atoms with van der Waals surface area (Å²) >= 11 is 6.29. The highest BCUT2D eigenvalue weighted by atomic mass is 35.5. The molecule has 0 unspecified atom stereocenters. The average molecular weight is 472 g/mol. The number of ether oxygens (including phenoxy) is 1. The molecule has 1 saturated heterocycles. The van der Waals surface area contributed by atoms with Gasteiger partial charge in [0.2, 0.25) is 11.7 Å². The maximum absolute atomic E-state index is 13.5. The van der Waals surface area contributed by atoms with Crippen molar-refractivity contribution in [2.75, 3.05) is 30.3 Å². The van der Waals surface area contributed by atoms with Crippen molar-refractivity contribution in [3.63, 3.8) is 0 Å². The predicted octanol–water partition coefficient (Wildman–Crippen LogP) is 4.27. The van der Waals surface area contributed by atoms with Crippen LogP contribution in [0.5, 0.6) is 5.75 Å². The zero-order valence-corrected chi connectivity index (χ0v) is 18.1. The van der Waals surface area contributed by atoms with Crippen LogP contribution in [-0.4, -0.2) is 46.7 Å². The van der Waals surface area contributed by atoms with E-state index in [9.17, 15) is 14.0 Å². The fourth-order valence-electron chi connectivity index (χ4n) is 3.90. The summed E-state index contributed by atoms with van der Waals surface area (Å²) < 4.78 is 24.3. The van der Waals surface area contributed by atoms with Crippen molar-refractivity contribution < 1.29 is 23.2 Å². The van der Waals surface area contributed by atoms with Crippen LogP contribution < -0.4 is 15.4 Å². The minimum atomic E-state index is -0.381. The van der Waals surface area contributed by atoms with Gasteiger partial charge < -0.3 is 24.8 Å². The largest absolute Gasteiger partial charge is 0.482 e. The van der Waals surface area contributed by atoms with Crippen molar-refractivity contribution in [1.82, 2.24) is 15.0 Å². The second-order valence-electron chi connectivity index (χ2n) is 7.85. The Labute approximate surface area is 192 Å². The van der Waals surface area contributed by atoms with E-state index in [4.69, 9.17) is 20.9 Å². The maximum Gasteiger partial charge on any atom is 0.321 e. The Morgan fingerprint density at radius 1 is 1.30 bits per heavy atom. The van der Waals surface area contributed by atoms with Crippen molar-refractivity contribution >= 4 is 34.9 Å². The smallest absolute Gasteiger partial charge is 0.321 e. The summed E-state index contributed by atoms with van der Waals surface area (Å²) in [5.41, 5.74) is 1.36. The van der Waals surface area contributed by atoms with Crippen LogP contribution in [0.4, 0.5) is 20.6 Å². The number of rotatable bonds is 3. The summed E-state index contributed by atoms with van der Waals surface area (Å²) in [7, 11) is 0. The van der Waals surface area contributed by atoms with Gasteiger partial charge in [-0.05, 0) is 31.0 Å². The maximum atomic E-state index is 13.5. The van der Waals surface area contributed by atoms with Crippen LogP contribution in [0.1, 0.15) is 24.7 Å². The highest BCUT2D eigenvalue weighted by Gasteiger charge is 2.29. The van der Waals surface area contributed by atoms with Gasteiger partial charge in [-0.1, -0.05) is 28.9 Å². The molecule has 5 rings (SSSR count). The Morgan fingerprint density at radius 2 is 2.18 bits per heavy atom. The molecule has 2 aliphatic rings. The topological polar surface area (TPSA) is 110 Å². The summed E-state index contributed by atoms with van der Waals surface area (Å²) in [5, 5.41) is 9.72. The van der Waals surface area contributed by atoms with Gasteiger partial charge in [-0.25, -0.2) is 9.18 Å². The third-order valence-corrected chi connectivity index (χ3v) is 5.84. The molecule has 2 aromatic carbocycles. The molecule has 3 aromatic rings. The van der Waals surface area contributed by atoms with Crippen LogP contribution in [0.15, 0.2) is 40.9 Å². The first-order chi connectivity index (χ1) is 16.0. The molecule has 33 heavy (non-hydrogen) atoms. The van der Waals surface area contributed by atoms with E-state index < -0.39 is 0 Å². The van der Waals surface area contributed by atoms with Crippen molar-refractivity contribution in [3.05, 3.63) is 53.1 Å². The Hall–Kier alpha value is -3.66. The van der Waals surface area contributed by atoms with Gasteiger partial charge in [-0.15, -0.1) is 0 Å². The lowest BCUT2D eigenvalue weighted by Crippen LogP contribution is -2.41. The summed E-state index contributed by atoms with van der Waals surface area (Å²) in [4.78, 5) is 30.4. The van der Waals surface area contributed by atoms with Crippen LogP contribution in [0.25, 0.3) is 11.4 Å². The molecule has 0 aliphatic carbocycles. The molecule has 1 fully saturated rings. The third-order valence-electron chi connectivity index (χ3n) is 5.53. The Morgan fingerprint density at radius 3 is 3.03 bits per heavy atom. The first kappa shape index (κ1) is 21.2. The Bertz CT molecular complexity index is 1230. The predicted molar refractivity (Wildman–Crippen MR) is 118 cm³/mol. The zero-order chi connectivity index (χ0) is 22.9. The first-order valence-corrected chi connectivity index (χ1v) is 10.8. The second kappa shape index (κ2) is 8.70. The van der Waals surface area contributed by atoms with E-state index in [1.54, 1.807) is 23.1 Å². The molecule has 3 heterocycles. The molecular weight excluding hydrogens is 453 g/mol. The van der Waals surface area contributed by atoms with Crippen molar-refractivity contribution in [2.24, 2.45) is 0 Å². The number of nitrogens with one attached hydrogen (secondary N) is 2. The lowest BCUT2D eigenvalue weighted by Gasteiger charge is -2.31. The number of piperidine rings is 1. The van der Waals surface area contributed by atoms with Crippen LogP contribution in [0.3, 0.4) is 0 Å². The third kappa shape index (κ3) is 4.47. The summed E-state index contributed by atoms with van der Waals surface area (Å²) in [5.74, 6) is 0.351. The van der Waals surface area contributed by atoms with E-state index in [0.29, 0.717) is 47.5 Å². The number of hydrogen-bond acceptors (Lipinski definition) is 6. The minimum absolute atomic E-state index is 0.0996. The minimum Gasteiger partial charge on any atom is -0.482 e. The van der Waals surface area contributed by atoms with Gasteiger partial charge >= 0.3 is 6.03 Å². The molecule has 2 N–H and O–H groups in total. The molecule has 2 aliphatic heterocycles. The standard InChI is InChI=1S/C22H19ClFN5O4/c23-15-8-17-18(32-11-19(30)25-17)9-16(15)26-22(31)29-6-2-4-13(10-29)21-27-20(28-33-21)12-3-1-5-14(24)7-12/h1,3,5,7-9,13H,2,4,6,10-11H2,(H,25,30)(H,26,31)/t13-/m0/s1. The van der Waals surface area contributed by atoms with E-state index >= 15 is 0 Å². The number of fused-ring (bicyclic) bond motifs is 1. The van der Waals surface area contributed by atoms with Gasteiger partial charge in [0, 0.05) is 24.7 Å². The number of aromatic nitrogens is 2. The van der Waals surface area contributed by atoms with E-state index in [-0.39, 0.29) is 35.3 Å². The number of urea groups is 1. The summed E-state index contributed by atoms with van der Waals surface area (Å²) in [6, 6.07) is 8.76. The van der Waals surface area contributed by atoms with Crippen molar-refractivity contribution in [2.45, 2.75) is 18.8 Å². The van der Waals surface area contributed by atoms with Gasteiger partial charge in [0.1, 0.15) is 11.6 Å². The number of likely N-dealkylation sites (tertiary alicyclic amines) is 1. The van der Waals surface area contributed by atoms with Gasteiger partial charge in [0.15, 0.2) is 6.61 Å². The fraction of sp³-hybridized carbons (Fsp3) is 0.273. The van der Waals surface area contributed by atoms with E-state index in [1.807, 2.05) is 0 Å². The number of benzene rings is 2. The normalized spacial score (nSPS) is 17.7. The highest BCUT2D eigenvalue weighted by Crippen LogP contribution is 2.37. The zero-order valence-electron chi connectivity index (χ0n) is 17.3. The fourth-order valence-corrected chi connectivity index (χ4v) is 4.11. The van der Waals surface area contributed by atoms with Crippen LogP contribution in [0, 0.1) is 5.82 Å². The Balaban J connectivity index is 1.28. The average Bonchev–Trinajstić information content (AvgIpc) is 3.30. The van der Waals surface area contributed by atoms with Gasteiger partial charge in [-0.2, -0.15) is 4.98 Å². The molecule has 0 radical (unpaired) electrons. The van der Waals surface area contributed by atoms with Gasteiger partial charge in [-0.3, -0.25) is 4.79 Å². The Kier molecular flexibility index (Phi) is 5.59. The molecule has 170 valence electrons. The monoisotopic (exact) mass is 471 g/mol. The lowest BCUT2D eigenvalue weighted by atomic mass is 9.98. The number of anilines is 2. The van der Waals surface area contributed by atoms with Crippen LogP contribution in [-0.2, 0) is 4.79 Å². The number of carbonyl (C=O) groups excluding carboxylic acids is 2. The van der Waals surface area contributed by atoms with Crippen LogP contribution in [0.2, 0.25) is 5.02 Å². The van der Waals surface area contributed by atoms with Crippen molar-refractivity contribution in [1.29, 1.82) is 0 Å². The molecule has 1 aromatic heterocycles. The molecule has 9 nitrogen and oxygen atoms in total. The van der Waals surface area contributed by atoms with Gasteiger partial charge in [0.05, 0.1) is 22.3 Å². The molecule has 3 amide bonds. The number of carbonyl (C=O) groups is 2. The second-order valence-corrected chi connectivity index (χ2v) is 8.25. The molecule has 11 heteroatoms. The molecule has 0 saturated carbocycles.